The summed E-state index contributed by atoms with van der Waals surface area (Å²) in [5.74, 6) is 1.42. The maximum Gasteiger partial charge on any atom is 0.186 e. The Bertz CT molecular complexity index is 461. The van der Waals surface area contributed by atoms with E-state index in [1.54, 1.807) is 0 Å². The van der Waals surface area contributed by atoms with Gasteiger partial charge in [-0.25, -0.2) is 4.98 Å². The van der Waals surface area contributed by atoms with Crippen LogP contribution in [-0.2, 0) is 6.54 Å². The molecule has 1 aromatic rings. The third-order valence-electron chi connectivity index (χ3n) is 4.58. The minimum Gasteiger partial charge on any atom is -0.346 e. The predicted molar refractivity (Wildman–Crippen MR) is 93.4 cm³/mol. The van der Waals surface area contributed by atoms with Gasteiger partial charge in [0.15, 0.2) is 5.13 Å². The highest BCUT2D eigenvalue weighted by molar-refractivity contribution is 7.15. The Morgan fingerprint density at radius 3 is 2.57 bits per heavy atom. The van der Waals surface area contributed by atoms with Gasteiger partial charge in [0, 0.05) is 29.9 Å². The highest BCUT2D eigenvalue weighted by Crippen LogP contribution is 2.44. The van der Waals surface area contributed by atoms with Gasteiger partial charge in [-0.1, -0.05) is 20.8 Å². The van der Waals surface area contributed by atoms with Gasteiger partial charge in [0.2, 0.25) is 0 Å². The molecule has 1 heterocycles. The third-order valence-corrected chi connectivity index (χ3v) is 5.73. The Balaban J connectivity index is 2.13. The van der Waals surface area contributed by atoms with Crippen LogP contribution in [0, 0.1) is 5.92 Å². The first-order chi connectivity index (χ1) is 9.85. The molecule has 0 saturated heterocycles. The van der Waals surface area contributed by atoms with Crippen LogP contribution < -0.4 is 10.2 Å². The molecule has 0 unspecified atom stereocenters. The van der Waals surface area contributed by atoms with E-state index in [9.17, 15) is 0 Å². The van der Waals surface area contributed by atoms with Crippen molar-refractivity contribution < 1.29 is 0 Å². The van der Waals surface area contributed by atoms with Crippen molar-refractivity contribution in [3.8, 4) is 0 Å². The number of thiazole rings is 1. The Morgan fingerprint density at radius 1 is 1.38 bits per heavy atom. The molecule has 0 aromatic carbocycles. The van der Waals surface area contributed by atoms with Gasteiger partial charge in [0.05, 0.1) is 5.69 Å². The molecule has 0 aliphatic heterocycles. The van der Waals surface area contributed by atoms with E-state index in [2.05, 4.69) is 51.9 Å². The molecule has 1 N–H and O–H groups in total. The van der Waals surface area contributed by atoms with Crippen molar-refractivity contribution in [1.82, 2.24) is 10.3 Å². The van der Waals surface area contributed by atoms with Crippen LogP contribution in [0.5, 0.6) is 0 Å². The number of nitrogens with zero attached hydrogens (tertiary/aromatic N) is 2. The third kappa shape index (κ3) is 4.19. The van der Waals surface area contributed by atoms with Crippen LogP contribution >= 0.6 is 11.3 Å². The minimum absolute atomic E-state index is 0.168. The smallest absolute Gasteiger partial charge is 0.186 e. The van der Waals surface area contributed by atoms with E-state index in [0.29, 0.717) is 5.92 Å². The summed E-state index contributed by atoms with van der Waals surface area (Å²) < 4.78 is 0. The summed E-state index contributed by atoms with van der Waals surface area (Å²) in [6.45, 7) is 13.4. The zero-order chi connectivity index (χ0) is 15.6. The molecule has 21 heavy (non-hydrogen) atoms. The Morgan fingerprint density at radius 2 is 2.05 bits per heavy atom. The number of rotatable bonds is 8. The summed E-state index contributed by atoms with van der Waals surface area (Å²) in [5.41, 5.74) is 1.53. The lowest BCUT2D eigenvalue weighted by atomic mass is 10.0. The minimum atomic E-state index is 0.168. The molecule has 3 nitrogen and oxygen atoms in total. The second-order valence-corrected chi connectivity index (χ2v) is 8.39. The number of anilines is 1. The van der Waals surface area contributed by atoms with Crippen LogP contribution in [0.15, 0.2) is 0 Å². The number of nitrogens with one attached hydrogen (secondary N) is 1. The number of hydrogen-bond donors (Lipinski definition) is 1. The summed E-state index contributed by atoms with van der Waals surface area (Å²) in [4.78, 5) is 8.80. The summed E-state index contributed by atoms with van der Waals surface area (Å²) in [6, 6.07) is 0. The first-order valence-corrected chi connectivity index (χ1v) is 9.11. The van der Waals surface area contributed by atoms with Gasteiger partial charge in [0.1, 0.15) is 0 Å². The fourth-order valence-electron chi connectivity index (χ4n) is 2.27. The van der Waals surface area contributed by atoms with Crippen molar-refractivity contribution >= 4 is 16.5 Å². The summed E-state index contributed by atoms with van der Waals surface area (Å²) in [7, 11) is 2.18. The Labute approximate surface area is 134 Å². The molecule has 0 radical (unpaired) electrons. The monoisotopic (exact) mass is 309 g/mol. The van der Waals surface area contributed by atoms with Gasteiger partial charge in [-0.15, -0.1) is 11.3 Å². The van der Waals surface area contributed by atoms with Gasteiger partial charge in [-0.2, -0.15) is 0 Å². The standard InChI is InChI=1S/C17H31N3S/c1-7-17(4,5)20(6)16-19-15(13-8-9-13)14(21-16)11-18-10-12(2)3/h12-13,18H,7-11H2,1-6H3. The number of aromatic nitrogens is 1. The lowest BCUT2D eigenvalue weighted by molar-refractivity contribution is 0.470. The molecule has 2 rings (SSSR count). The lowest BCUT2D eigenvalue weighted by Crippen LogP contribution is -2.40. The molecular formula is C17H31N3S. The summed E-state index contributed by atoms with van der Waals surface area (Å²) in [5, 5.41) is 4.77. The van der Waals surface area contributed by atoms with E-state index in [4.69, 9.17) is 4.98 Å². The van der Waals surface area contributed by atoms with Crippen molar-refractivity contribution in [2.75, 3.05) is 18.5 Å². The average molecular weight is 310 g/mol. The molecule has 0 bridgehead atoms. The average Bonchev–Trinajstić information content (AvgIpc) is 3.19. The van der Waals surface area contributed by atoms with Crippen LogP contribution in [0.2, 0.25) is 0 Å². The molecule has 4 heteroatoms. The maximum atomic E-state index is 4.99. The molecule has 1 aromatic heterocycles. The molecular weight excluding hydrogens is 278 g/mol. The van der Waals surface area contributed by atoms with Crippen LogP contribution in [-0.4, -0.2) is 24.1 Å². The molecule has 0 atom stereocenters. The highest BCUT2D eigenvalue weighted by Gasteiger charge is 2.32. The van der Waals surface area contributed by atoms with Gasteiger partial charge in [0.25, 0.3) is 0 Å². The second-order valence-electron chi connectivity index (χ2n) is 7.33. The van der Waals surface area contributed by atoms with E-state index < -0.39 is 0 Å². The largest absolute Gasteiger partial charge is 0.346 e. The van der Waals surface area contributed by atoms with Crippen molar-refractivity contribution in [3.05, 3.63) is 10.6 Å². The summed E-state index contributed by atoms with van der Waals surface area (Å²) in [6.07, 6.45) is 3.77. The van der Waals surface area contributed by atoms with Crippen molar-refractivity contribution in [2.24, 2.45) is 5.92 Å². The SMILES string of the molecule is CCC(C)(C)N(C)c1nc(C2CC2)c(CNCC(C)C)s1. The topological polar surface area (TPSA) is 28.2 Å². The Kier molecular flexibility index (Phi) is 5.31. The van der Waals surface area contributed by atoms with E-state index in [-0.39, 0.29) is 5.54 Å². The van der Waals surface area contributed by atoms with E-state index in [1.165, 1.54) is 28.5 Å². The van der Waals surface area contributed by atoms with Crippen molar-refractivity contribution in [1.29, 1.82) is 0 Å². The molecule has 0 amide bonds. The van der Waals surface area contributed by atoms with E-state index in [0.717, 1.165) is 25.4 Å². The predicted octanol–water partition coefficient (Wildman–Crippen LogP) is 4.39. The van der Waals surface area contributed by atoms with Gasteiger partial charge in [-0.05, 0) is 45.6 Å². The first-order valence-electron chi connectivity index (χ1n) is 8.29. The molecule has 1 aliphatic carbocycles. The fourth-order valence-corrected chi connectivity index (χ4v) is 3.51. The van der Waals surface area contributed by atoms with Crippen LogP contribution in [0.25, 0.3) is 0 Å². The van der Waals surface area contributed by atoms with Crippen molar-refractivity contribution in [2.45, 2.75) is 71.9 Å². The molecule has 1 fully saturated rings. The zero-order valence-electron chi connectivity index (χ0n) is 14.5. The van der Waals surface area contributed by atoms with Crippen molar-refractivity contribution in [3.63, 3.8) is 0 Å². The quantitative estimate of drug-likeness (QED) is 0.772. The highest BCUT2D eigenvalue weighted by atomic mass is 32.1. The zero-order valence-corrected chi connectivity index (χ0v) is 15.3. The van der Waals surface area contributed by atoms with Gasteiger partial charge in [-0.3, -0.25) is 0 Å². The molecule has 0 spiro atoms. The fraction of sp³-hybridized carbons (Fsp3) is 0.824. The van der Waals surface area contributed by atoms with E-state index in [1.807, 2.05) is 11.3 Å². The number of hydrogen-bond acceptors (Lipinski definition) is 4. The lowest BCUT2D eigenvalue weighted by Gasteiger charge is -2.34. The van der Waals surface area contributed by atoms with Gasteiger partial charge < -0.3 is 10.2 Å². The molecule has 1 saturated carbocycles. The maximum absolute atomic E-state index is 4.99. The normalized spacial score (nSPS) is 15.8. The van der Waals surface area contributed by atoms with Crippen LogP contribution in [0.3, 0.4) is 0 Å². The second kappa shape index (κ2) is 6.66. The Hall–Kier alpha value is -0.610. The van der Waals surface area contributed by atoms with Crippen LogP contribution in [0.1, 0.15) is 70.4 Å². The van der Waals surface area contributed by atoms with Gasteiger partial charge >= 0.3 is 0 Å². The molecule has 1 aliphatic rings. The van der Waals surface area contributed by atoms with Crippen LogP contribution in [0.4, 0.5) is 5.13 Å². The first kappa shape index (κ1) is 16.8. The van der Waals surface area contributed by atoms with E-state index >= 15 is 0 Å². The summed E-state index contributed by atoms with van der Waals surface area (Å²) >= 11 is 1.88. The molecule has 120 valence electrons.